The Kier molecular flexibility index (Phi) is 31.7. The number of nitrogens with zero attached hydrogens (tertiary/aromatic N) is 14. The Morgan fingerprint density at radius 1 is 0.466 bits per heavy atom. The molecule has 25 nitrogen and oxygen atoms in total. The van der Waals surface area contributed by atoms with Crippen molar-refractivity contribution in [2.45, 2.75) is 112 Å². The van der Waals surface area contributed by atoms with Gasteiger partial charge in [0.1, 0.15) is 17.5 Å². The fourth-order valence-electron chi connectivity index (χ4n) is 13.5. The van der Waals surface area contributed by atoms with Crippen molar-refractivity contribution in [2.24, 2.45) is 5.73 Å². The standard InChI is InChI=1S/C27H22N8O2.C23H18ClN5O.C17H15ClN2O.C5H5ClN2O.C5H5N2O.3C4H9.Sn/c1-16(32-25-20(29-2)15-31-27(28)34-25)21-14-17-8-7-11-19(24-30-13-12-22(33-24)37-3)23(17)26(36)35(21)18-9-5-4-6-10-18;1-14(27-22-18(26-2)11-12-20(25)28-22)19-13-15-7-6-10-17(24)21(15)23(30)29(19)16-8-4-3-5-9-16;1-11(19)15-10-12-6-5-9-14(18)16(12)17(21)20(15)13-7-3-2-4-8-13;1-9-4-2-3-7-5(6)8-4;1-8-5-2-3-6-4-7-5;3*1-3-4-2;/h4-16H,1,3H3,(H3,28,31,32,34);3-14H,1H3,(H3,25,27,28);2-11H,19H2,1H3;2-3H,1H3;2-3H,1H3;3*1,3-4H2,2H3;/t16-;14-;11-;;;;;;/m000....../s1. The van der Waals surface area contributed by atoms with E-state index in [1.165, 1.54) is 82.3 Å². The molecule has 0 aliphatic rings. The summed E-state index contributed by atoms with van der Waals surface area (Å²) in [6.07, 6.45) is 14.2. The molecule has 6 aromatic carbocycles. The van der Waals surface area contributed by atoms with E-state index in [-0.39, 0.29) is 45.7 Å². The number of nitrogens with two attached hydrogens (primary N) is 3. The first-order valence-electron chi connectivity index (χ1n) is 38.4. The Hall–Kier alpha value is -12.4. The van der Waals surface area contributed by atoms with Crippen LogP contribution >= 0.6 is 34.8 Å². The van der Waals surface area contributed by atoms with Gasteiger partial charge in [-0.05, 0) is 127 Å². The number of methoxy groups -OCH3 is 3. The Balaban J connectivity index is 0.000000164. The summed E-state index contributed by atoms with van der Waals surface area (Å²) in [5.74, 6) is 3.03. The van der Waals surface area contributed by atoms with Crippen molar-refractivity contribution in [3.8, 4) is 46.1 Å². The van der Waals surface area contributed by atoms with Crippen LogP contribution in [-0.2, 0) is 0 Å². The minimum Gasteiger partial charge on any atom is -0.481 e. The normalized spacial score (nSPS) is 11.6. The Labute approximate surface area is 703 Å². The van der Waals surface area contributed by atoms with Gasteiger partial charge in [0.15, 0.2) is 5.82 Å². The predicted octanol–water partition coefficient (Wildman–Crippen LogP) is 19.2. The molecule has 0 radical (unpaired) electrons. The predicted molar refractivity (Wildman–Crippen MR) is 477 cm³/mol. The van der Waals surface area contributed by atoms with Gasteiger partial charge < -0.3 is 37.3 Å². The summed E-state index contributed by atoms with van der Waals surface area (Å²) in [7, 11) is 4.76. The van der Waals surface area contributed by atoms with Crippen LogP contribution in [0, 0.1) is 13.1 Å². The molecule has 0 amide bonds. The Morgan fingerprint density at radius 3 is 1.35 bits per heavy atom. The molecule has 14 aromatic rings. The van der Waals surface area contributed by atoms with Gasteiger partial charge in [-0.3, -0.25) is 28.1 Å². The minimum absolute atomic E-state index is 0.0454. The number of hydrogen-bond acceptors (Lipinski definition) is 20. The second-order valence-electron chi connectivity index (χ2n) is 27.4. The first-order valence-corrected chi connectivity index (χ1v) is 47.0. The number of para-hydroxylation sites is 3. The van der Waals surface area contributed by atoms with Crippen molar-refractivity contribution in [1.29, 1.82) is 0 Å². The Morgan fingerprint density at radius 2 is 0.890 bits per heavy atom. The van der Waals surface area contributed by atoms with E-state index in [0.717, 1.165) is 39.1 Å². The van der Waals surface area contributed by atoms with E-state index in [9.17, 15) is 14.4 Å². The molecule has 3 atom stereocenters. The van der Waals surface area contributed by atoms with Crippen LogP contribution in [0.4, 0.5) is 34.8 Å². The van der Waals surface area contributed by atoms with E-state index in [1.807, 2.05) is 185 Å². The number of aromatic nitrogens is 12. The van der Waals surface area contributed by atoms with Crippen LogP contribution in [0.3, 0.4) is 0 Å². The quantitative estimate of drug-likeness (QED) is 0.0213. The van der Waals surface area contributed by atoms with E-state index in [1.54, 1.807) is 63.4 Å². The molecule has 0 unspecified atom stereocenters. The molecule has 29 heteroatoms. The average Bonchev–Trinajstić information content (AvgIpc) is 0.757. The van der Waals surface area contributed by atoms with Gasteiger partial charge in [0, 0.05) is 76.5 Å². The number of fused-ring (bicyclic) bond motifs is 3. The third-order valence-corrected chi connectivity index (χ3v) is 34.8. The van der Waals surface area contributed by atoms with Crippen LogP contribution in [-0.4, -0.2) is 98.3 Å². The van der Waals surface area contributed by atoms with Crippen LogP contribution < -0.4 is 62.6 Å². The van der Waals surface area contributed by atoms with Crippen molar-refractivity contribution in [1.82, 2.24) is 58.6 Å². The average molecular weight is 1750 g/mol. The number of halogens is 3. The van der Waals surface area contributed by atoms with Gasteiger partial charge >= 0.3 is 135 Å². The molecule has 0 fully saturated rings. The summed E-state index contributed by atoms with van der Waals surface area (Å²) in [4.78, 5) is 85.6. The van der Waals surface area contributed by atoms with E-state index in [4.69, 9.17) is 89.3 Å². The third-order valence-electron chi connectivity index (χ3n) is 19.4. The summed E-state index contributed by atoms with van der Waals surface area (Å²) < 4.78 is 25.7. The molecule has 0 saturated heterocycles. The molecule has 8 heterocycles. The maximum atomic E-state index is 14.2. The van der Waals surface area contributed by atoms with Crippen molar-refractivity contribution in [3.63, 3.8) is 0 Å². The molecule has 0 spiro atoms. The van der Waals surface area contributed by atoms with Gasteiger partial charge in [-0.25, -0.2) is 34.6 Å². The first-order chi connectivity index (χ1) is 57.1. The fraction of sp³-hybridized carbons (Fsp3) is 0.236. The van der Waals surface area contributed by atoms with E-state index < -0.39 is 24.4 Å². The number of unbranched alkanes of at least 4 members (excludes halogenated alkanes) is 3. The molecule has 0 aliphatic heterocycles. The molecular weight excluding hydrogens is 1660 g/mol. The van der Waals surface area contributed by atoms with E-state index >= 15 is 0 Å². The summed E-state index contributed by atoms with van der Waals surface area (Å²) in [6.45, 7) is 27.4. The SMILES string of the molecule is CCC[CH2][Sn]([CH2]CCC)([CH2]CCC)[c]1nccc(OC)n1.COc1ccnc(Cl)n1.C[C@H](N)c1cc2cccc(Cl)c2c(=O)n1-c1ccccc1.[C-]#[N+]c1ccc(N)nc1N[C@@H](C)c1cc2cccc(Cl)c2c(=O)n1-c1ccccc1.[C-]#[N+]c1cnc(N)nc1N[C@@H](C)c1cc2cccc(-c3nccc(OC)n3)c2c(=O)n1-c1ccccc1. The van der Waals surface area contributed by atoms with Gasteiger partial charge in [-0.2, -0.15) is 9.97 Å². The molecule has 0 saturated carbocycles. The zero-order valence-corrected chi connectivity index (χ0v) is 72.1. The smallest absolute Gasteiger partial charge is 0.264 e. The van der Waals surface area contributed by atoms with Crippen LogP contribution in [0.5, 0.6) is 17.6 Å². The largest absolute Gasteiger partial charge is 0.481 e. The number of pyridine rings is 4. The molecule has 604 valence electrons. The van der Waals surface area contributed by atoms with Crippen LogP contribution in [0.15, 0.2) is 233 Å². The number of nitrogen functional groups attached to an aromatic ring is 2. The number of hydrogen-bond donors (Lipinski definition) is 5. The molecule has 14 rings (SSSR count). The van der Waals surface area contributed by atoms with Crippen LogP contribution in [0.1, 0.15) is 115 Å². The maximum absolute atomic E-state index is 14.2. The summed E-state index contributed by atoms with van der Waals surface area (Å²) in [5.41, 5.74) is 22.6. The van der Waals surface area contributed by atoms with Gasteiger partial charge in [-0.15, -0.1) is 0 Å². The van der Waals surface area contributed by atoms with Crippen LogP contribution in [0.25, 0.3) is 70.5 Å². The molecule has 8 N–H and O–H groups in total. The van der Waals surface area contributed by atoms with Crippen molar-refractivity contribution in [2.75, 3.05) is 43.4 Å². The molecular formula is C89H92Cl3N19O6Sn. The molecule has 118 heavy (non-hydrogen) atoms. The monoisotopic (exact) mass is 1750 g/mol. The van der Waals surface area contributed by atoms with E-state index in [2.05, 4.69) is 76.0 Å². The first kappa shape index (κ1) is 88.0. The summed E-state index contributed by atoms with van der Waals surface area (Å²) in [6, 6.07) is 57.7. The topological polar surface area (TPSA) is 321 Å². The van der Waals surface area contributed by atoms with Gasteiger partial charge in [0.05, 0.1) is 65.7 Å². The third kappa shape index (κ3) is 21.6. The van der Waals surface area contributed by atoms with Gasteiger partial charge in [0.2, 0.25) is 34.4 Å². The number of benzene rings is 6. The van der Waals surface area contributed by atoms with Gasteiger partial charge in [0.25, 0.3) is 16.7 Å². The Bertz CT molecular complexity index is 6030. The number of ether oxygens (including phenoxy) is 3. The summed E-state index contributed by atoms with van der Waals surface area (Å²) >= 11 is 15.5. The molecule has 8 aromatic heterocycles. The minimum atomic E-state index is -2.47. The molecule has 0 aliphatic carbocycles. The fourth-order valence-corrected chi connectivity index (χ4v) is 29.1. The van der Waals surface area contributed by atoms with Crippen molar-refractivity contribution in [3.05, 3.63) is 305 Å². The second-order valence-corrected chi connectivity index (χ2v) is 41.4. The zero-order chi connectivity index (χ0) is 84.4. The van der Waals surface area contributed by atoms with Crippen molar-refractivity contribution < 1.29 is 14.2 Å². The zero-order valence-electron chi connectivity index (χ0n) is 67.0. The number of anilines is 4. The van der Waals surface area contributed by atoms with Gasteiger partial charge in [-0.1, -0.05) is 120 Å². The van der Waals surface area contributed by atoms with Crippen molar-refractivity contribution >= 4 is 124 Å². The van der Waals surface area contributed by atoms with Crippen LogP contribution in [0.2, 0.25) is 28.6 Å². The second kappa shape index (κ2) is 42.5. The maximum Gasteiger partial charge on any atom is 0.264 e. The summed E-state index contributed by atoms with van der Waals surface area (Å²) in [5, 5.41) is 11.3. The number of rotatable bonds is 24. The van der Waals surface area contributed by atoms with E-state index in [0.29, 0.717) is 89.6 Å². The molecule has 0 bridgehead atoms. The number of nitrogens with one attached hydrogen (secondary N) is 2.